The maximum absolute atomic E-state index is 12.5. The van der Waals surface area contributed by atoms with Gasteiger partial charge in [0.25, 0.3) is 0 Å². The Morgan fingerprint density at radius 3 is 2.41 bits per heavy atom. The number of aryl methyl sites for hydroxylation is 1. The summed E-state index contributed by atoms with van der Waals surface area (Å²) in [7, 11) is 0. The summed E-state index contributed by atoms with van der Waals surface area (Å²) in [6, 6.07) is 18.1. The average Bonchev–Trinajstić information content (AvgIpc) is 3.20. The molecule has 2 heterocycles. The molecule has 1 saturated heterocycles. The van der Waals surface area contributed by atoms with Crippen molar-refractivity contribution in [2.45, 2.75) is 6.92 Å². The van der Waals surface area contributed by atoms with Crippen molar-refractivity contribution in [3.8, 4) is 11.3 Å². The zero-order valence-corrected chi connectivity index (χ0v) is 16.3. The van der Waals surface area contributed by atoms with Crippen LogP contribution >= 0.6 is 11.3 Å². The highest BCUT2D eigenvalue weighted by molar-refractivity contribution is 7.14. The van der Waals surface area contributed by atoms with Crippen LogP contribution in [0.15, 0.2) is 60.0 Å². The molecule has 0 radical (unpaired) electrons. The van der Waals surface area contributed by atoms with Gasteiger partial charge in [-0.25, -0.2) is 4.98 Å². The molecule has 4 nitrogen and oxygen atoms in total. The summed E-state index contributed by atoms with van der Waals surface area (Å²) in [6.45, 7) is 6.11. The third kappa shape index (κ3) is 4.26. The summed E-state index contributed by atoms with van der Waals surface area (Å²) in [6.07, 6.45) is 0. The molecule has 4 rings (SSSR count). The van der Waals surface area contributed by atoms with E-state index in [4.69, 9.17) is 4.98 Å². The maximum atomic E-state index is 12.5. The fraction of sp³-hybridized carbons (Fsp3) is 0.273. The molecule has 2 aromatic carbocycles. The number of carbonyl (C=O) groups excluding carboxylic acids is 1. The van der Waals surface area contributed by atoms with E-state index >= 15 is 0 Å². The molecule has 1 aromatic heterocycles. The highest BCUT2D eigenvalue weighted by Gasteiger charge is 2.21. The van der Waals surface area contributed by atoms with Crippen LogP contribution in [0.5, 0.6) is 0 Å². The highest BCUT2D eigenvalue weighted by Crippen LogP contribution is 2.27. The first-order chi connectivity index (χ1) is 13.2. The lowest BCUT2D eigenvalue weighted by molar-refractivity contribution is 0.0926. The van der Waals surface area contributed by atoms with Gasteiger partial charge in [-0.2, -0.15) is 0 Å². The lowest BCUT2D eigenvalue weighted by atomic mass is 10.1. The minimum Gasteiger partial charge on any atom is -0.346 e. The predicted molar refractivity (Wildman–Crippen MR) is 112 cm³/mol. The monoisotopic (exact) mass is 377 g/mol. The number of benzene rings is 2. The van der Waals surface area contributed by atoms with Crippen molar-refractivity contribution in [2.24, 2.45) is 0 Å². The van der Waals surface area contributed by atoms with E-state index in [1.165, 1.54) is 5.56 Å². The molecule has 1 aliphatic rings. The Morgan fingerprint density at radius 1 is 1.00 bits per heavy atom. The van der Waals surface area contributed by atoms with Gasteiger partial charge in [-0.05, 0) is 6.92 Å². The molecule has 0 spiro atoms. The molecule has 1 fully saturated rings. The van der Waals surface area contributed by atoms with Gasteiger partial charge in [-0.1, -0.05) is 60.2 Å². The summed E-state index contributed by atoms with van der Waals surface area (Å²) in [5.41, 5.74) is 4.17. The predicted octanol–water partition coefficient (Wildman–Crippen LogP) is 4.12. The van der Waals surface area contributed by atoms with Crippen molar-refractivity contribution in [1.29, 1.82) is 0 Å². The van der Waals surface area contributed by atoms with Crippen LogP contribution in [0.1, 0.15) is 15.9 Å². The van der Waals surface area contributed by atoms with Gasteiger partial charge in [0.05, 0.1) is 12.2 Å². The average molecular weight is 378 g/mol. The number of nitrogens with zero attached hydrogens (tertiary/aromatic N) is 3. The van der Waals surface area contributed by atoms with E-state index in [0.717, 1.165) is 48.1 Å². The second-order valence-corrected chi connectivity index (χ2v) is 7.77. The van der Waals surface area contributed by atoms with E-state index < -0.39 is 0 Å². The quantitative estimate of drug-likeness (QED) is 0.627. The molecular weight excluding hydrogens is 354 g/mol. The summed E-state index contributed by atoms with van der Waals surface area (Å²) in [4.78, 5) is 21.8. The molecule has 0 saturated carbocycles. The van der Waals surface area contributed by atoms with Crippen LogP contribution in [0.25, 0.3) is 11.3 Å². The van der Waals surface area contributed by atoms with Crippen molar-refractivity contribution >= 4 is 22.3 Å². The van der Waals surface area contributed by atoms with Crippen LogP contribution in [-0.4, -0.2) is 48.4 Å². The number of piperazine rings is 1. The molecular formula is C22H23N3OS. The van der Waals surface area contributed by atoms with Gasteiger partial charge >= 0.3 is 0 Å². The van der Waals surface area contributed by atoms with Gasteiger partial charge in [0, 0.05) is 42.7 Å². The van der Waals surface area contributed by atoms with Crippen molar-refractivity contribution in [1.82, 2.24) is 9.88 Å². The number of rotatable bonds is 5. The minimum absolute atomic E-state index is 0.198. The first kappa shape index (κ1) is 17.9. The van der Waals surface area contributed by atoms with E-state index in [2.05, 4.69) is 27.3 Å². The number of carbonyl (C=O) groups is 1. The molecule has 0 atom stereocenters. The van der Waals surface area contributed by atoms with Crippen LogP contribution in [0.4, 0.5) is 5.13 Å². The summed E-state index contributed by atoms with van der Waals surface area (Å²) in [5.74, 6) is 0.198. The third-order valence-corrected chi connectivity index (χ3v) is 5.85. The van der Waals surface area contributed by atoms with Crippen LogP contribution < -0.4 is 4.90 Å². The zero-order valence-electron chi connectivity index (χ0n) is 15.5. The number of ketones is 1. The molecule has 27 heavy (non-hydrogen) atoms. The third-order valence-electron chi connectivity index (χ3n) is 4.95. The molecule has 0 amide bonds. The van der Waals surface area contributed by atoms with E-state index in [0.29, 0.717) is 6.54 Å². The Morgan fingerprint density at radius 2 is 1.70 bits per heavy atom. The lowest BCUT2D eigenvalue weighted by Crippen LogP contribution is -2.48. The van der Waals surface area contributed by atoms with E-state index in [1.807, 2.05) is 49.4 Å². The van der Waals surface area contributed by atoms with Crippen LogP contribution in [0.2, 0.25) is 0 Å². The molecule has 138 valence electrons. The smallest absolute Gasteiger partial charge is 0.185 e. The van der Waals surface area contributed by atoms with Gasteiger partial charge < -0.3 is 4.90 Å². The molecule has 1 aliphatic heterocycles. The van der Waals surface area contributed by atoms with E-state index in [-0.39, 0.29) is 5.78 Å². The van der Waals surface area contributed by atoms with Crippen LogP contribution in [0.3, 0.4) is 0 Å². The standard InChI is InChI=1S/C22H23N3OS/c1-17-7-9-19(10-8-17)21(26)15-24-11-13-25(14-12-24)22-23-20(16-27-22)18-5-3-2-4-6-18/h2-10,16H,11-15H2,1H3. The number of anilines is 1. The van der Waals surface area contributed by atoms with Crippen molar-refractivity contribution in [3.63, 3.8) is 0 Å². The second kappa shape index (κ2) is 8.03. The highest BCUT2D eigenvalue weighted by atomic mass is 32.1. The SMILES string of the molecule is Cc1ccc(C(=O)CN2CCN(c3nc(-c4ccccc4)cs3)CC2)cc1. The van der Waals surface area contributed by atoms with Gasteiger partial charge in [0.2, 0.25) is 0 Å². The van der Waals surface area contributed by atoms with E-state index in [9.17, 15) is 4.79 Å². The zero-order chi connectivity index (χ0) is 18.6. The summed E-state index contributed by atoms with van der Waals surface area (Å²) < 4.78 is 0. The number of hydrogen-bond acceptors (Lipinski definition) is 5. The summed E-state index contributed by atoms with van der Waals surface area (Å²) >= 11 is 1.69. The number of aromatic nitrogens is 1. The number of thiazole rings is 1. The topological polar surface area (TPSA) is 36.4 Å². The second-order valence-electron chi connectivity index (χ2n) is 6.93. The molecule has 0 aliphatic carbocycles. The van der Waals surface area contributed by atoms with Crippen molar-refractivity contribution in [2.75, 3.05) is 37.6 Å². The Hall–Kier alpha value is -2.50. The van der Waals surface area contributed by atoms with Crippen LogP contribution in [-0.2, 0) is 0 Å². The lowest BCUT2D eigenvalue weighted by Gasteiger charge is -2.34. The summed E-state index contributed by atoms with van der Waals surface area (Å²) in [5, 5.41) is 3.19. The van der Waals surface area contributed by atoms with Gasteiger partial charge in [0.15, 0.2) is 10.9 Å². The Labute approximate surface area is 164 Å². The maximum Gasteiger partial charge on any atom is 0.185 e. The fourth-order valence-electron chi connectivity index (χ4n) is 3.28. The molecule has 0 bridgehead atoms. The molecule has 0 N–H and O–H groups in total. The Balaban J connectivity index is 1.33. The first-order valence-electron chi connectivity index (χ1n) is 9.27. The normalized spacial score (nSPS) is 15.1. The Kier molecular flexibility index (Phi) is 5.32. The van der Waals surface area contributed by atoms with Crippen molar-refractivity contribution < 1.29 is 4.79 Å². The van der Waals surface area contributed by atoms with Gasteiger partial charge in [-0.3, -0.25) is 9.69 Å². The Bertz CT molecular complexity index is 897. The molecule has 0 unspecified atom stereocenters. The number of Topliss-reactive ketones (excluding diaryl/α,β-unsaturated/α-hetero) is 1. The minimum atomic E-state index is 0.198. The fourth-order valence-corrected chi connectivity index (χ4v) is 4.17. The molecule has 3 aromatic rings. The van der Waals surface area contributed by atoms with Gasteiger partial charge in [0.1, 0.15) is 0 Å². The number of hydrogen-bond donors (Lipinski definition) is 0. The van der Waals surface area contributed by atoms with Gasteiger partial charge in [-0.15, -0.1) is 11.3 Å². The first-order valence-corrected chi connectivity index (χ1v) is 10.1. The van der Waals surface area contributed by atoms with Crippen LogP contribution in [0, 0.1) is 6.92 Å². The molecule has 5 heteroatoms. The largest absolute Gasteiger partial charge is 0.346 e. The van der Waals surface area contributed by atoms with E-state index in [1.54, 1.807) is 11.3 Å². The van der Waals surface area contributed by atoms with Crippen molar-refractivity contribution in [3.05, 3.63) is 71.1 Å².